The molecule has 10 rings (SSSR count). The van der Waals surface area contributed by atoms with Gasteiger partial charge in [0.05, 0.1) is 16.7 Å². The molecule has 0 saturated carbocycles. The molecule has 1 aliphatic rings. The number of rotatable bonds is 6. The van der Waals surface area contributed by atoms with Gasteiger partial charge in [-0.15, -0.1) is 0 Å². The lowest BCUT2D eigenvalue weighted by molar-refractivity contribution is 0.883. The minimum absolute atomic E-state index is 0.234. The zero-order chi connectivity index (χ0) is 40.7. The van der Waals surface area contributed by atoms with E-state index in [1.54, 1.807) is 0 Å². The van der Waals surface area contributed by atoms with Crippen molar-refractivity contribution in [1.82, 2.24) is 4.57 Å². The second kappa shape index (κ2) is 15.9. The van der Waals surface area contributed by atoms with Crippen molar-refractivity contribution >= 4 is 66.7 Å². The first-order chi connectivity index (χ1) is 29.4. The summed E-state index contributed by atoms with van der Waals surface area (Å²) in [5, 5.41) is 4.92. The maximum Gasteiger partial charge on any atom is 0.111 e. The van der Waals surface area contributed by atoms with Crippen LogP contribution in [0.1, 0.15) is 25.0 Å². The molecule has 0 saturated heterocycles. The summed E-state index contributed by atoms with van der Waals surface area (Å²) in [6, 6.07) is 64.1. The molecular formula is C57H43IN2. The largest absolute Gasteiger partial charge is 0.297 e. The Kier molecular flexibility index (Phi) is 9.98. The van der Waals surface area contributed by atoms with E-state index in [0.717, 1.165) is 28.1 Å². The summed E-state index contributed by atoms with van der Waals surface area (Å²) in [5.41, 5.74) is 16.7. The van der Waals surface area contributed by atoms with Crippen LogP contribution in [-0.4, -0.2) is 10.4 Å². The molecule has 8 aromatic carbocycles. The third-order valence-corrected chi connectivity index (χ3v) is 13.0. The Morgan fingerprint density at radius 3 is 1.93 bits per heavy atom. The van der Waals surface area contributed by atoms with Gasteiger partial charge in [0.2, 0.25) is 0 Å². The third kappa shape index (κ3) is 6.93. The first-order valence-corrected chi connectivity index (χ1v) is 21.7. The molecule has 0 aliphatic heterocycles. The van der Waals surface area contributed by atoms with Gasteiger partial charge in [-0.1, -0.05) is 177 Å². The first-order valence-electron chi connectivity index (χ1n) is 20.6. The lowest BCUT2D eigenvalue weighted by Gasteiger charge is -2.18. The molecule has 9 aromatic rings. The molecule has 3 heteroatoms. The van der Waals surface area contributed by atoms with E-state index in [4.69, 9.17) is 4.99 Å². The number of aromatic nitrogens is 1. The Bertz CT molecular complexity index is 3210. The predicted molar refractivity (Wildman–Crippen MR) is 265 cm³/mol. The van der Waals surface area contributed by atoms with Crippen molar-refractivity contribution in [2.75, 3.05) is 0 Å². The van der Waals surface area contributed by atoms with E-state index in [1.807, 2.05) is 0 Å². The van der Waals surface area contributed by atoms with Gasteiger partial charge in [-0.3, -0.25) is 4.57 Å². The molecular weight excluding hydrogens is 840 g/mol. The molecule has 60 heavy (non-hydrogen) atoms. The van der Waals surface area contributed by atoms with Crippen LogP contribution in [0.25, 0.3) is 82.8 Å². The number of hydrogen-bond donors (Lipinski definition) is 0. The quantitative estimate of drug-likeness (QED) is 0.0899. The summed E-state index contributed by atoms with van der Waals surface area (Å²) in [4.78, 5) is 5.55. The van der Waals surface area contributed by atoms with E-state index in [-0.39, 0.29) is 5.92 Å². The number of aliphatic imine (C=N–C) groups is 1. The van der Waals surface area contributed by atoms with Gasteiger partial charge in [0.1, 0.15) is 5.84 Å². The molecule has 0 bridgehead atoms. The van der Waals surface area contributed by atoms with Gasteiger partial charge in [-0.2, -0.15) is 0 Å². The van der Waals surface area contributed by atoms with Crippen molar-refractivity contribution in [1.29, 1.82) is 0 Å². The molecule has 0 spiro atoms. The molecule has 1 aromatic heterocycles. The van der Waals surface area contributed by atoms with Crippen LogP contribution in [-0.2, 0) is 0 Å². The number of hydrogen-bond acceptors (Lipinski definition) is 1. The standard InChI is InChI=1S/C57H43IN2/c1-37-13-7-9-17-48(37)52-36-47(31-33-53(52)58)43-23-21-42(22-24-43)46-30-27-44-32-34-55-56(51(44)35-46)50-19-11-12-20-54(50)60(55)39(3)59-57(49-18-10-8-14-38(49)2)45-28-25-41(26-29-45)40-15-5-4-6-16-40/h4-36,38H,1-3H3/b57-49-,59-39?. The summed E-state index contributed by atoms with van der Waals surface area (Å²) in [6.07, 6.45) is 8.73. The molecule has 0 fully saturated rings. The second-order valence-corrected chi connectivity index (χ2v) is 16.9. The van der Waals surface area contributed by atoms with E-state index >= 15 is 0 Å². The Morgan fingerprint density at radius 1 is 0.550 bits per heavy atom. The van der Waals surface area contributed by atoms with E-state index < -0.39 is 0 Å². The molecule has 1 heterocycles. The fourth-order valence-corrected chi connectivity index (χ4v) is 9.48. The fourth-order valence-electron chi connectivity index (χ4n) is 8.86. The fraction of sp³-hybridized carbons (Fsp3) is 0.0702. The third-order valence-electron chi connectivity index (χ3n) is 12.0. The van der Waals surface area contributed by atoms with Crippen molar-refractivity contribution in [3.05, 3.63) is 220 Å². The monoisotopic (exact) mass is 882 g/mol. The average molecular weight is 883 g/mol. The summed E-state index contributed by atoms with van der Waals surface area (Å²) in [7, 11) is 0. The van der Waals surface area contributed by atoms with Crippen LogP contribution in [0.2, 0.25) is 0 Å². The van der Waals surface area contributed by atoms with Crippen molar-refractivity contribution < 1.29 is 0 Å². The van der Waals surface area contributed by atoms with Crippen molar-refractivity contribution in [3.63, 3.8) is 0 Å². The molecule has 1 unspecified atom stereocenters. The van der Waals surface area contributed by atoms with Crippen molar-refractivity contribution in [2.45, 2.75) is 20.8 Å². The Balaban J connectivity index is 1.06. The highest BCUT2D eigenvalue weighted by Crippen LogP contribution is 2.39. The molecule has 0 amide bonds. The highest BCUT2D eigenvalue weighted by atomic mass is 127. The summed E-state index contributed by atoms with van der Waals surface area (Å²) < 4.78 is 3.61. The Morgan fingerprint density at radius 2 is 1.17 bits per heavy atom. The minimum atomic E-state index is 0.234. The van der Waals surface area contributed by atoms with Gasteiger partial charge in [0.25, 0.3) is 0 Å². The van der Waals surface area contributed by atoms with E-state index in [0.29, 0.717) is 0 Å². The molecule has 1 aliphatic carbocycles. The number of para-hydroxylation sites is 1. The van der Waals surface area contributed by atoms with Crippen LogP contribution in [0.5, 0.6) is 0 Å². The van der Waals surface area contributed by atoms with Gasteiger partial charge in [-0.25, -0.2) is 4.99 Å². The number of halogens is 1. The number of nitrogens with zero attached hydrogens (tertiary/aromatic N) is 2. The van der Waals surface area contributed by atoms with E-state index in [9.17, 15) is 0 Å². The summed E-state index contributed by atoms with van der Waals surface area (Å²) >= 11 is 2.46. The summed E-state index contributed by atoms with van der Waals surface area (Å²) in [6.45, 7) is 6.59. The number of fused-ring (bicyclic) bond motifs is 5. The van der Waals surface area contributed by atoms with Gasteiger partial charge >= 0.3 is 0 Å². The van der Waals surface area contributed by atoms with E-state index in [1.165, 1.54) is 80.8 Å². The van der Waals surface area contributed by atoms with Crippen LogP contribution in [0.15, 0.2) is 211 Å². The molecule has 2 nitrogen and oxygen atoms in total. The second-order valence-electron chi connectivity index (χ2n) is 15.8. The zero-order valence-corrected chi connectivity index (χ0v) is 36.1. The predicted octanol–water partition coefficient (Wildman–Crippen LogP) is 16.0. The van der Waals surface area contributed by atoms with Crippen LogP contribution in [0, 0.1) is 16.4 Å². The van der Waals surface area contributed by atoms with Crippen LogP contribution >= 0.6 is 22.6 Å². The number of allylic oxidation sites excluding steroid dienone is 5. The van der Waals surface area contributed by atoms with Crippen molar-refractivity contribution in [3.8, 4) is 44.5 Å². The molecule has 1 atom stereocenters. The molecule has 0 radical (unpaired) electrons. The highest BCUT2D eigenvalue weighted by Gasteiger charge is 2.19. The van der Waals surface area contributed by atoms with Gasteiger partial charge in [0.15, 0.2) is 0 Å². The molecule has 288 valence electrons. The van der Waals surface area contributed by atoms with Crippen LogP contribution < -0.4 is 0 Å². The Labute approximate surface area is 365 Å². The topological polar surface area (TPSA) is 17.3 Å². The molecule has 0 N–H and O–H groups in total. The van der Waals surface area contributed by atoms with E-state index in [2.05, 4.69) is 248 Å². The van der Waals surface area contributed by atoms with Gasteiger partial charge in [-0.05, 0) is 133 Å². The highest BCUT2D eigenvalue weighted by molar-refractivity contribution is 14.1. The number of aryl methyl sites for hydroxylation is 1. The smallest absolute Gasteiger partial charge is 0.111 e. The minimum Gasteiger partial charge on any atom is -0.297 e. The lowest BCUT2D eigenvalue weighted by Crippen LogP contribution is -2.09. The maximum atomic E-state index is 5.55. The van der Waals surface area contributed by atoms with Crippen LogP contribution in [0.4, 0.5) is 0 Å². The normalized spacial score (nSPS) is 15.0. The SMILES string of the molecule is CC(=N/C(=C1/C=CC=CC1C)c1ccc(-c2ccccc2)cc1)n1c2ccccc2c2c3cc(-c4ccc(-c5ccc(I)c(-c6ccccc6C)c5)cc4)ccc3ccc21. The first kappa shape index (κ1) is 37.7. The van der Waals surface area contributed by atoms with Crippen molar-refractivity contribution in [2.24, 2.45) is 10.9 Å². The summed E-state index contributed by atoms with van der Waals surface area (Å²) in [5.74, 6) is 1.16. The van der Waals surface area contributed by atoms with Gasteiger partial charge in [0, 0.05) is 25.8 Å². The van der Waals surface area contributed by atoms with Crippen LogP contribution in [0.3, 0.4) is 0 Å². The van der Waals surface area contributed by atoms with Gasteiger partial charge < -0.3 is 0 Å². The Hall–Kier alpha value is -6.56. The average Bonchev–Trinajstić information content (AvgIpc) is 3.64. The lowest BCUT2D eigenvalue weighted by atomic mass is 9.91. The zero-order valence-electron chi connectivity index (χ0n) is 33.9. The maximum absolute atomic E-state index is 5.55. The number of benzene rings is 8.